The molecule has 28 heavy (non-hydrogen) atoms. The van der Waals surface area contributed by atoms with Crippen molar-refractivity contribution in [1.29, 1.82) is 0 Å². The number of carbonyl (C=O) groups is 3. The Labute approximate surface area is 171 Å². The topological polar surface area (TPSA) is 59.4 Å². The van der Waals surface area contributed by atoms with E-state index in [9.17, 15) is 14.4 Å². The Morgan fingerprint density at radius 1 is 0.964 bits per heavy atom. The summed E-state index contributed by atoms with van der Waals surface area (Å²) in [4.78, 5) is 38.9. The summed E-state index contributed by atoms with van der Waals surface area (Å²) in [5, 5.41) is 1.03. The number of aromatic nitrogens is 1. The number of rotatable bonds is 2. The van der Waals surface area contributed by atoms with Crippen LogP contribution in [0.4, 0.5) is 0 Å². The lowest BCUT2D eigenvalue weighted by molar-refractivity contribution is 0.0754. The Bertz CT molecular complexity index is 1140. The number of fused-ring (bicyclic) bond motifs is 2. The van der Waals surface area contributed by atoms with Crippen LogP contribution in [-0.2, 0) is 0 Å². The molecular formula is C21H16N2O3S2. The highest BCUT2D eigenvalue weighted by molar-refractivity contribution is 8.23. The van der Waals surface area contributed by atoms with Crippen molar-refractivity contribution < 1.29 is 14.4 Å². The molecule has 5 nitrogen and oxygen atoms in total. The van der Waals surface area contributed by atoms with Crippen molar-refractivity contribution in [2.75, 3.05) is 5.75 Å². The molecule has 0 saturated carbocycles. The zero-order valence-corrected chi connectivity index (χ0v) is 16.9. The second kappa shape index (κ2) is 7.00. The molecule has 0 saturated heterocycles. The molecule has 0 radical (unpaired) electrons. The molecule has 0 unspecified atom stereocenters. The third kappa shape index (κ3) is 2.78. The Morgan fingerprint density at radius 2 is 1.54 bits per heavy atom. The van der Waals surface area contributed by atoms with Gasteiger partial charge in [0.25, 0.3) is 11.8 Å². The molecule has 0 atom stereocenters. The minimum Gasteiger partial charge on any atom is -0.284 e. The van der Waals surface area contributed by atoms with E-state index in [1.807, 2.05) is 38.1 Å². The summed E-state index contributed by atoms with van der Waals surface area (Å²) in [5.41, 5.74) is 3.44. The largest absolute Gasteiger partial charge is 0.284 e. The van der Waals surface area contributed by atoms with Crippen LogP contribution in [0.3, 0.4) is 0 Å². The Morgan fingerprint density at radius 3 is 2.18 bits per heavy atom. The molecule has 0 bridgehead atoms. The fourth-order valence-corrected chi connectivity index (χ4v) is 4.47. The molecule has 0 aliphatic carbocycles. The number of nitrogens with zero attached hydrogens (tertiary/aromatic N) is 2. The average molecular weight is 409 g/mol. The van der Waals surface area contributed by atoms with Gasteiger partial charge in [0, 0.05) is 11.1 Å². The first-order valence-electron chi connectivity index (χ1n) is 8.66. The van der Waals surface area contributed by atoms with E-state index in [-0.39, 0.29) is 16.0 Å². The molecule has 4 rings (SSSR count). The fraction of sp³-hybridized carbons (Fsp3) is 0.143. The minimum atomic E-state index is -0.441. The Kier molecular flexibility index (Phi) is 4.64. The Hall–Kier alpha value is -2.77. The van der Waals surface area contributed by atoms with Crippen molar-refractivity contribution in [2.45, 2.75) is 13.8 Å². The highest BCUT2D eigenvalue weighted by Crippen LogP contribution is 2.28. The summed E-state index contributed by atoms with van der Waals surface area (Å²) < 4.78 is 1.76. The number of amides is 2. The number of aryl methyl sites for hydroxylation is 1. The van der Waals surface area contributed by atoms with Crippen LogP contribution in [0.2, 0.25) is 0 Å². The van der Waals surface area contributed by atoms with Crippen molar-refractivity contribution in [3.05, 3.63) is 70.9 Å². The predicted molar refractivity (Wildman–Crippen MR) is 114 cm³/mol. The zero-order chi connectivity index (χ0) is 20.0. The number of hydrogen-bond donors (Lipinski definition) is 0. The highest BCUT2D eigenvalue weighted by Gasteiger charge is 2.38. The van der Waals surface area contributed by atoms with Gasteiger partial charge in [0.15, 0.2) is 4.32 Å². The van der Waals surface area contributed by atoms with E-state index < -0.39 is 11.8 Å². The van der Waals surface area contributed by atoms with Gasteiger partial charge in [0.1, 0.15) is 0 Å². The molecule has 2 amide bonds. The van der Waals surface area contributed by atoms with Crippen LogP contribution in [0.15, 0.2) is 48.5 Å². The normalized spacial score (nSPS) is 13.3. The average Bonchev–Trinajstić information content (AvgIpc) is 3.11. The number of benzene rings is 2. The second-order valence-corrected chi connectivity index (χ2v) is 8.11. The lowest BCUT2D eigenvalue weighted by Crippen LogP contribution is -2.33. The van der Waals surface area contributed by atoms with Gasteiger partial charge in [-0.3, -0.25) is 19.0 Å². The van der Waals surface area contributed by atoms with E-state index in [2.05, 4.69) is 0 Å². The number of imide groups is 1. The third-order valence-electron chi connectivity index (χ3n) is 4.97. The predicted octanol–water partition coefficient (Wildman–Crippen LogP) is 4.21. The molecule has 0 N–H and O–H groups in total. The maximum Gasteiger partial charge on any atom is 0.267 e. The summed E-state index contributed by atoms with van der Waals surface area (Å²) >= 11 is 6.33. The highest BCUT2D eigenvalue weighted by atomic mass is 32.2. The van der Waals surface area contributed by atoms with Crippen LogP contribution in [0, 0.1) is 13.8 Å². The quantitative estimate of drug-likeness (QED) is 0.470. The molecule has 1 aliphatic heterocycles. The lowest BCUT2D eigenvalue weighted by atomic mass is 10.1. The number of hydrogen-bond acceptors (Lipinski definition) is 5. The standard InChI is InChI=1S/C21H16N2O3S2/c1-12-13(2)22(17-10-6-5-7-14(12)17)18(24)11-28-21(27)23-19(25)15-8-3-4-9-16(15)20(23)26/h3-10H,11H2,1-2H3. The Balaban J connectivity index is 1.54. The molecular weight excluding hydrogens is 392 g/mol. The number of thioether (sulfide) groups is 1. The molecule has 2 aromatic carbocycles. The summed E-state index contributed by atoms with van der Waals surface area (Å²) in [7, 11) is 0. The molecule has 7 heteroatoms. The van der Waals surface area contributed by atoms with Gasteiger partial charge < -0.3 is 0 Å². The SMILES string of the molecule is Cc1c(C)n(C(=O)CSC(=S)N2C(=O)c3ccccc3C2=O)c2ccccc12. The van der Waals surface area contributed by atoms with Crippen LogP contribution in [-0.4, -0.2) is 37.3 Å². The smallest absolute Gasteiger partial charge is 0.267 e. The van der Waals surface area contributed by atoms with Gasteiger partial charge >= 0.3 is 0 Å². The zero-order valence-electron chi connectivity index (χ0n) is 15.3. The van der Waals surface area contributed by atoms with E-state index in [0.717, 1.165) is 38.8 Å². The maximum atomic E-state index is 12.9. The van der Waals surface area contributed by atoms with Crippen molar-refractivity contribution >= 4 is 56.9 Å². The first kappa shape index (κ1) is 18.6. The van der Waals surface area contributed by atoms with Crippen LogP contribution in [0.5, 0.6) is 0 Å². The first-order chi connectivity index (χ1) is 13.4. The summed E-state index contributed by atoms with van der Waals surface area (Å²) in [6, 6.07) is 14.3. The van der Waals surface area contributed by atoms with Gasteiger partial charge in [-0.2, -0.15) is 0 Å². The monoisotopic (exact) mass is 408 g/mol. The van der Waals surface area contributed by atoms with Gasteiger partial charge in [0.05, 0.1) is 22.4 Å². The summed E-state index contributed by atoms with van der Waals surface area (Å²) in [5.74, 6) is -0.996. The number of thiocarbonyl (C=S) groups is 1. The lowest BCUT2D eigenvalue weighted by Gasteiger charge is -2.14. The maximum absolute atomic E-state index is 12.9. The van der Waals surface area contributed by atoms with Gasteiger partial charge in [-0.15, -0.1) is 0 Å². The van der Waals surface area contributed by atoms with E-state index in [1.54, 1.807) is 28.8 Å². The van der Waals surface area contributed by atoms with E-state index in [4.69, 9.17) is 12.2 Å². The van der Waals surface area contributed by atoms with E-state index >= 15 is 0 Å². The van der Waals surface area contributed by atoms with Crippen LogP contribution in [0.25, 0.3) is 10.9 Å². The fourth-order valence-electron chi connectivity index (χ4n) is 3.46. The van der Waals surface area contributed by atoms with Gasteiger partial charge in [-0.05, 0) is 37.6 Å². The van der Waals surface area contributed by atoms with Crippen molar-refractivity contribution in [3.8, 4) is 0 Å². The van der Waals surface area contributed by atoms with Crippen molar-refractivity contribution in [1.82, 2.24) is 9.47 Å². The van der Waals surface area contributed by atoms with Gasteiger partial charge in [0.2, 0.25) is 5.91 Å². The van der Waals surface area contributed by atoms with E-state index in [0.29, 0.717) is 11.1 Å². The third-order valence-corrected chi connectivity index (χ3v) is 6.33. The first-order valence-corrected chi connectivity index (χ1v) is 10.1. The summed E-state index contributed by atoms with van der Waals surface area (Å²) in [6.07, 6.45) is 0. The van der Waals surface area contributed by atoms with Crippen LogP contribution in [0.1, 0.15) is 36.8 Å². The second-order valence-electron chi connectivity index (χ2n) is 6.50. The van der Waals surface area contributed by atoms with Crippen LogP contribution >= 0.6 is 24.0 Å². The molecule has 1 aliphatic rings. The number of carbonyl (C=O) groups excluding carboxylic acids is 3. The molecule has 1 aromatic heterocycles. The molecule has 3 aromatic rings. The number of para-hydroxylation sites is 1. The van der Waals surface area contributed by atoms with Crippen molar-refractivity contribution in [3.63, 3.8) is 0 Å². The van der Waals surface area contributed by atoms with Crippen molar-refractivity contribution in [2.24, 2.45) is 0 Å². The summed E-state index contributed by atoms with van der Waals surface area (Å²) in [6.45, 7) is 3.89. The van der Waals surface area contributed by atoms with Gasteiger partial charge in [-0.1, -0.05) is 54.3 Å². The molecule has 2 heterocycles. The van der Waals surface area contributed by atoms with Gasteiger partial charge in [-0.25, -0.2) is 4.90 Å². The van der Waals surface area contributed by atoms with E-state index in [1.165, 1.54) is 0 Å². The minimum absolute atomic E-state index is 0.0329. The molecule has 0 fully saturated rings. The van der Waals surface area contributed by atoms with Crippen LogP contribution < -0.4 is 0 Å². The molecule has 0 spiro atoms. The molecule has 140 valence electrons.